The van der Waals surface area contributed by atoms with Crippen LogP contribution in [0.15, 0.2) is 112 Å². The highest BCUT2D eigenvalue weighted by atomic mass is 16.6. The van der Waals surface area contributed by atoms with Crippen molar-refractivity contribution in [3.05, 3.63) is 129 Å². The molecule has 0 radical (unpaired) electrons. The average Bonchev–Trinajstić information content (AvgIpc) is 3.55. The molecule has 41 heavy (non-hydrogen) atoms. The van der Waals surface area contributed by atoms with E-state index in [1.54, 1.807) is 30.5 Å². The molecule has 7 rings (SSSR count). The second-order valence-corrected chi connectivity index (χ2v) is 9.45. The molecule has 7 aromatic rings. The fraction of sp³-hybridized carbons (Fsp3) is 0.0323. The van der Waals surface area contributed by atoms with Crippen molar-refractivity contribution < 1.29 is 9.34 Å². The Labute approximate surface area is 231 Å². The third kappa shape index (κ3) is 3.97. The maximum Gasteiger partial charge on any atom is 0.287 e. The van der Waals surface area contributed by atoms with Crippen LogP contribution in [0.4, 0.5) is 5.69 Å². The van der Waals surface area contributed by atoms with Crippen molar-refractivity contribution in [2.24, 2.45) is 5.10 Å². The number of nitrogens with zero attached hydrogens (tertiary/aromatic N) is 6. The zero-order valence-corrected chi connectivity index (χ0v) is 21.6. The number of nitro groups is 1. The summed E-state index contributed by atoms with van der Waals surface area (Å²) in [5.41, 5.74) is 3.19. The minimum atomic E-state index is -0.482. The summed E-state index contributed by atoms with van der Waals surface area (Å²) < 4.78 is 9.24. The van der Waals surface area contributed by atoms with Crippen molar-refractivity contribution in [2.75, 3.05) is 0 Å². The van der Waals surface area contributed by atoms with Crippen LogP contribution < -0.4 is 5.56 Å². The van der Waals surface area contributed by atoms with Gasteiger partial charge in [-0.1, -0.05) is 48.5 Å². The molecule has 0 fully saturated rings. The van der Waals surface area contributed by atoms with Gasteiger partial charge >= 0.3 is 0 Å². The first-order valence-electron chi connectivity index (χ1n) is 12.8. The van der Waals surface area contributed by atoms with Gasteiger partial charge < -0.3 is 4.42 Å². The van der Waals surface area contributed by atoms with Crippen molar-refractivity contribution in [3.8, 4) is 17.4 Å². The van der Waals surface area contributed by atoms with Crippen molar-refractivity contribution in [2.45, 2.75) is 6.92 Å². The molecule has 4 heterocycles. The maximum atomic E-state index is 13.7. The number of pyridine rings is 1. The zero-order valence-electron chi connectivity index (χ0n) is 21.6. The molecule has 10 heteroatoms. The number of aromatic nitrogens is 4. The van der Waals surface area contributed by atoms with Gasteiger partial charge in [0.1, 0.15) is 17.6 Å². The van der Waals surface area contributed by atoms with Crippen LogP contribution in [0, 0.1) is 17.0 Å². The zero-order chi connectivity index (χ0) is 28.1. The lowest BCUT2D eigenvalue weighted by Crippen LogP contribution is -2.20. The van der Waals surface area contributed by atoms with Crippen molar-refractivity contribution >= 4 is 44.7 Å². The fourth-order valence-electron chi connectivity index (χ4n) is 5.07. The van der Waals surface area contributed by atoms with Crippen LogP contribution in [0.3, 0.4) is 0 Å². The summed E-state index contributed by atoms with van der Waals surface area (Å²) in [4.78, 5) is 33.5. The van der Waals surface area contributed by atoms with E-state index in [0.29, 0.717) is 28.1 Å². The Bertz CT molecular complexity index is 2190. The van der Waals surface area contributed by atoms with Gasteiger partial charge in [0.2, 0.25) is 5.82 Å². The standard InChI is InChI=1S/C31H20N6O4/c1-19-24(22-9-4-6-12-26(22)35(19)29-15-14-21(17-32-29)37(39)40)18-33-36-30(28-16-20-8-2-7-13-27(20)41-28)34-25-11-5-3-10-23(25)31(36)38/h2-18H,1H3. The van der Waals surface area contributed by atoms with E-state index in [0.717, 1.165) is 27.5 Å². The summed E-state index contributed by atoms with van der Waals surface area (Å²) in [5, 5.41) is 18.0. The molecule has 0 amide bonds. The van der Waals surface area contributed by atoms with Crippen molar-refractivity contribution in [1.29, 1.82) is 0 Å². The molecule has 4 aromatic heterocycles. The Morgan fingerprint density at radius 2 is 1.71 bits per heavy atom. The third-order valence-electron chi connectivity index (χ3n) is 7.03. The normalized spacial score (nSPS) is 11.7. The number of hydrogen-bond acceptors (Lipinski definition) is 7. The Balaban J connectivity index is 1.43. The summed E-state index contributed by atoms with van der Waals surface area (Å²) in [5.74, 6) is 1.22. The van der Waals surface area contributed by atoms with Gasteiger partial charge in [-0.3, -0.25) is 19.5 Å². The Morgan fingerprint density at radius 3 is 2.49 bits per heavy atom. The molecular formula is C31H20N6O4. The van der Waals surface area contributed by atoms with Crippen LogP contribution >= 0.6 is 0 Å². The number of benzene rings is 3. The van der Waals surface area contributed by atoms with Gasteiger partial charge in [-0.2, -0.15) is 9.78 Å². The molecule has 0 atom stereocenters. The molecule has 0 spiro atoms. The molecular weight excluding hydrogens is 520 g/mol. The van der Waals surface area contributed by atoms with Crippen LogP contribution in [0.5, 0.6) is 0 Å². The Kier molecular flexibility index (Phi) is 5.53. The average molecular weight is 541 g/mol. The van der Waals surface area contributed by atoms with E-state index in [-0.39, 0.29) is 17.1 Å². The smallest absolute Gasteiger partial charge is 0.287 e. The highest BCUT2D eigenvalue weighted by Crippen LogP contribution is 2.29. The second kappa shape index (κ2) is 9.38. The van der Waals surface area contributed by atoms with Crippen LogP contribution in [0.25, 0.3) is 50.2 Å². The van der Waals surface area contributed by atoms with Gasteiger partial charge in [0.15, 0.2) is 5.76 Å². The summed E-state index contributed by atoms with van der Waals surface area (Å²) in [7, 11) is 0. The lowest BCUT2D eigenvalue weighted by Gasteiger charge is -2.08. The predicted molar refractivity (Wildman–Crippen MR) is 157 cm³/mol. The van der Waals surface area contributed by atoms with E-state index >= 15 is 0 Å². The maximum absolute atomic E-state index is 13.7. The summed E-state index contributed by atoms with van der Waals surface area (Å²) in [6.45, 7) is 1.91. The van der Waals surface area contributed by atoms with Gasteiger partial charge in [-0.05, 0) is 43.3 Å². The largest absolute Gasteiger partial charge is 0.453 e. The van der Waals surface area contributed by atoms with Crippen LogP contribution in [-0.4, -0.2) is 30.3 Å². The Hall–Kier alpha value is -5.90. The lowest BCUT2D eigenvalue weighted by molar-refractivity contribution is -0.385. The lowest BCUT2D eigenvalue weighted by atomic mass is 10.1. The number of hydrogen-bond donors (Lipinski definition) is 0. The second-order valence-electron chi connectivity index (χ2n) is 9.45. The monoisotopic (exact) mass is 540 g/mol. The van der Waals surface area contributed by atoms with E-state index in [1.165, 1.54) is 16.9 Å². The van der Waals surface area contributed by atoms with E-state index in [4.69, 9.17) is 9.40 Å². The molecule has 0 saturated carbocycles. The molecule has 0 unspecified atom stereocenters. The molecule has 0 saturated heterocycles. The van der Waals surface area contributed by atoms with E-state index < -0.39 is 4.92 Å². The Morgan fingerprint density at radius 1 is 0.951 bits per heavy atom. The first-order chi connectivity index (χ1) is 20.0. The van der Waals surface area contributed by atoms with E-state index in [1.807, 2.05) is 72.2 Å². The minimum absolute atomic E-state index is 0.0917. The highest BCUT2D eigenvalue weighted by molar-refractivity contribution is 6.02. The molecule has 0 aliphatic heterocycles. The van der Waals surface area contributed by atoms with Gasteiger partial charge in [-0.15, -0.1) is 0 Å². The van der Waals surface area contributed by atoms with Gasteiger partial charge in [0.25, 0.3) is 11.2 Å². The first kappa shape index (κ1) is 24.2. The first-order valence-corrected chi connectivity index (χ1v) is 12.8. The quantitative estimate of drug-likeness (QED) is 0.145. The predicted octanol–water partition coefficient (Wildman–Crippen LogP) is 6.25. The van der Waals surface area contributed by atoms with Gasteiger partial charge in [-0.25, -0.2) is 9.97 Å². The summed E-state index contributed by atoms with van der Waals surface area (Å²) in [6.07, 6.45) is 2.86. The van der Waals surface area contributed by atoms with Crippen molar-refractivity contribution in [3.63, 3.8) is 0 Å². The van der Waals surface area contributed by atoms with E-state index in [2.05, 4.69) is 10.1 Å². The van der Waals surface area contributed by atoms with Crippen LogP contribution in [0.2, 0.25) is 0 Å². The van der Waals surface area contributed by atoms with Gasteiger partial charge in [0.05, 0.1) is 27.6 Å². The number of fused-ring (bicyclic) bond motifs is 3. The minimum Gasteiger partial charge on any atom is -0.453 e. The molecule has 0 aliphatic rings. The fourth-order valence-corrected chi connectivity index (χ4v) is 5.07. The van der Waals surface area contributed by atoms with Gasteiger partial charge in [0, 0.05) is 28.1 Å². The van der Waals surface area contributed by atoms with Crippen LogP contribution in [-0.2, 0) is 0 Å². The molecule has 10 nitrogen and oxygen atoms in total. The molecule has 0 aliphatic carbocycles. The summed E-state index contributed by atoms with van der Waals surface area (Å²) in [6, 6.07) is 27.3. The SMILES string of the molecule is Cc1c(C=Nn2c(-c3cc4ccccc4o3)nc3ccccc3c2=O)c2ccccc2n1-c1ccc([N+](=O)[O-])cn1. The third-order valence-corrected chi connectivity index (χ3v) is 7.03. The highest BCUT2D eigenvalue weighted by Gasteiger charge is 2.19. The van der Waals surface area contributed by atoms with E-state index in [9.17, 15) is 14.9 Å². The molecule has 0 N–H and O–H groups in total. The number of furan rings is 1. The number of rotatable bonds is 5. The van der Waals surface area contributed by atoms with Crippen molar-refractivity contribution in [1.82, 2.24) is 19.2 Å². The summed E-state index contributed by atoms with van der Waals surface area (Å²) >= 11 is 0. The molecule has 0 bridgehead atoms. The van der Waals surface area contributed by atoms with Crippen LogP contribution in [0.1, 0.15) is 11.3 Å². The topological polar surface area (TPSA) is 121 Å². The number of para-hydroxylation sites is 3. The molecule has 198 valence electrons. The molecule has 3 aromatic carbocycles.